The average Bonchev–Trinajstić information content (AvgIpc) is 2.25. The second-order valence-electron chi connectivity index (χ2n) is 2.94. The first-order valence-electron chi connectivity index (χ1n) is 4.55. The normalized spacial score (nSPS) is 10.1. The lowest BCUT2D eigenvalue weighted by molar-refractivity contribution is -0.116. The summed E-state index contributed by atoms with van der Waals surface area (Å²) in [7, 11) is 0. The maximum atomic E-state index is 11.0. The van der Waals surface area contributed by atoms with E-state index >= 15 is 0 Å². The smallest absolute Gasteiger partial charge is 0.341 e. The first-order valence-corrected chi connectivity index (χ1v) is 5.53. The maximum absolute atomic E-state index is 11.0. The number of aromatic carboxylic acids is 1. The van der Waals surface area contributed by atoms with Gasteiger partial charge >= 0.3 is 5.97 Å². The Morgan fingerprint density at radius 3 is 2.75 bits per heavy atom. The quantitative estimate of drug-likeness (QED) is 0.580. The van der Waals surface area contributed by atoms with Crippen molar-refractivity contribution in [1.82, 2.24) is 9.97 Å². The Morgan fingerprint density at radius 1 is 1.56 bits per heavy atom. The molecule has 0 unspecified atom stereocenters. The van der Waals surface area contributed by atoms with Crippen molar-refractivity contribution in [1.29, 1.82) is 0 Å². The van der Waals surface area contributed by atoms with Crippen LogP contribution in [-0.4, -0.2) is 32.6 Å². The van der Waals surface area contributed by atoms with E-state index in [0.29, 0.717) is 11.6 Å². The Balaban J connectivity index is 2.74. The van der Waals surface area contributed by atoms with Crippen molar-refractivity contribution in [2.45, 2.75) is 18.5 Å². The predicted molar refractivity (Wildman–Crippen MR) is 59.4 cm³/mol. The van der Waals surface area contributed by atoms with Gasteiger partial charge in [0.15, 0.2) is 5.16 Å². The zero-order chi connectivity index (χ0) is 12.1. The number of nitrogens with zero attached hydrogens (tertiary/aromatic N) is 2. The number of carboxylic acid groups (broad SMARTS) is 1. The molecule has 1 aromatic rings. The highest BCUT2D eigenvalue weighted by atomic mass is 32.2. The first kappa shape index (κ1) is 12.4. The van der Waals surface area contributed by atoms with Crippen molar-refractivity contribution in [2.24, 2.45) is 0 Å². The average molecular weight is 241 g/mol. The second-order valence-corrected chi connectivity index (χ2v) is 3.88. The molecule has 16 heavy (non-hydrogen) atoms. The summed E-state index contributed by atoms with van der Waals surface area (Å²) in [6.45, 7) is 1.77. The van der Waals surface area contributed by atoms with Gasteiger partial charge in [0.2, 0.25) is 0 Å². The van der Waals surface area contributed by atoms with Gasteiger partial charge in [-0.05, 0) is 0 Å². The summed E-state index contributed by atoms with van der Waals surface area (Å²) in [6.07, 6.45) is 1.60. The van der Waals surface area contributed by atoms with E-state index in [9.17, 15) is 9.59 Å². The number of carbonyl (C=O) groups excluding carboxylic acids is 1. The summed E-state index contributed by atoms with van der Waals surface area (Å²) in [6, 6.07) is 0. The highest BCUT2D eigenvalue weighted by molar-refractivity contribution is 7.99. The second kappa shape index (κ2) is 5.45. The molecule has 86 valence electrons. The topological polar surface area (TPSA) is 106 Å². The van der Waals surface area contributed by atoms with E-state index in [2.05, 4.69) is 9.97 Å². The van der Waals surface area contributed by atoms with Gasteiger partial charge in [-0.2, -0.15) is 0 Å². The molecule has 0 aliphatic heterocycles. The number of Topliss-reactive ketones (excluding diaryl/α,β-unsaturated/α-hetero) is 1. The van der Waals surface area contributed by atoms with Crippen LogP contribution in [0, 0.1) is 0 Å². The van der Waals surface area contributed by atoms with E-state index in [1.165, 1.54) is 0 Å². The van der Waals surface area contributed by atoms with Crippen molar-refractivity contribution in [3.8, 4) is 0 Å². The standard InChI is InChI=1S/C9H11N3O3S/c1-2-5(13)4-16-9-11-3-6(8(14)15)7(10)12-9/h3H,2,4H2,1H3,(H,14,15)(H2,10,11,12). The van der Waals surface area contributed by atoms with Gasteiger partial charge in [0, 0.05) is 12.6 Å². The van der Waals surface area contributed by atoms with Gasteiger partial charge in [-0.25, -0.2) is 14.8 Å². The van der Waals surface area contributed by atoms with E-state index in [1.54, 1.807) is 6.92 Å². The molecule has 0 amide bonds. The predicted octanol–water partition coefficient (Wildman–Crippen LogP) is 0.828. The summed E-state index contributed by atoms with van der Waals surface area (Å²) in [5, 5.41) is 9.00. The molecule has 0 radical (unpaired) electrons. The first-order chi connectivity index (χ1) is 7.54. The number of hydrogen-bond acceptors (Lipinski definition) is 6. The van der Waals surface area contributed by atoms with Crippen molar-refractivity contribution in [3.05, 3.63) is 11.8 Å². The molecule has 0 aromatic carbocycles. The van der Waals surface area contributed by atoms with Crippen LogP contribution in [0.3, 0.4) is 0 Å². The lowest BCUT2D eigenvalue weighted by Crippen LogP contribution is -2.07. The zero-order valence-corrected chi connectivity index (χ0v) is 9.45. The highest BCUT2D eigenvalue weighted by Gasteiger charge is 2.11. The number of carbonyl (C=O) groups is 2. The van der Waals surface area contributed by atoms with E-state index in [0.717, 1.165) is 18.0 Å². The molecule has 0 aliphatic carbocycles. The van der Waals surface area contributed by atoms with E-state index in [1.807, 2.05) is 0 Å². The Morgan fingerprint density at radius 2 is 2.25 bits per heavy atom. The summed E-state index contributed by atoms with van der Waals surface area (Å²) in [4.78, 5) is 29.3. The Bertz CT molecular complexity index is 422. The van der Waals surface area contributed by atoms with E-state index < -0.39 is 5.97 Å². The van der Waals surface area contributed by atoms with Gasteiger partial charge in [0.1, 0.15) is 17.2 Å². The molecule has 1 heterocycles. The highest BCUT2D eigenvalue weighted by Crippen LogP contribution is 2.16. The molecule has 0 saturated carbocycles. The van der Waals surface area contributed by atoms with Crippen LogP contribution < -0.4 is 5.73 Å². The van der Waals surface area contributed by atoms with Gasteiger partial charge in [-0.1, -0.05) is 18.7 Å². The van der Waals surface area contributed by atoms with E-state index in [-0.39, 0.29) is 22.9 Å². The molecule has 1 rings (SSSR count). The number of rotatable bonds is 5. The van der Waals surface area contributed by atoms with Crippen LogP contribution in [0.15, 0.2) is 11.4 Å². The fourth-order valence-corrected chi connectivity index (χ4v) is 1.64. The van der Waals surface area contributed by atoms with Gasteiger partial charge in [-0.3, -0.25) is 4.79 Å². The molecule has 0 spiro atoms. The van der Waals surface area contributed by atoms with Crippen molar-refractivity contribution in [2.75, 3.05) is 11.5 Å². The van der Waals surface area contributed by atoms with Crippen LogP contribution in [0.2, 0.25) is 0 Å². The molecular weight excluding hydrogens is 230 g/mol. The minimum Gasteiger partial charge on any atom is -0.477 e. The molecule has 6 nitrogen and oxygen atoms in total. The number of aromatic nitrogens is 2. The monoisotopic (exact) mass is 241 g/mol. The van der Waals surface area contributed by atoms with Crippen molar-refractivity contribution < 1.29 is 14.7 Å². The molecule has 0 saturated heterocycles. The molecule has 7 heteroatoms. The number of carboxylic acids is 1. The van der Waals surface area contributed by atoms with Gasteiger partial charge in [-0.15, -0.1) is 0 Å². The zero-order valence-electron chi connectivity index (χ0n) is 8.64. The van der Waals surface area contributed by atoms with Crippen LogP contribution in [0.4, 0.5) is 5.82 Å². The third-order valence-electron chi connectivity index (χ3n) is 1.78. The summed E-state index contributed by atoms with van der Waals surface area (Å²) >= 11 is 1.14. The SMILES string of the molecule is CCC(=O)CSc1ncc(C(=O)O)c(N)n1. The fraction of sp³-hybridized carbons (Fsp3) is 0.333. The minimum atomic E-state index is -1.17. The summed E-state index contributed by atoms with van der Waals surface area (Å²) in [5.41, 5.74) is 5.30. The Labute approximate surface area is 96.3 Å². The third kappa shape index (κ3) is 3.20. The molecule has 0 fully saturated rings. The number of ketones is 1. The third-order valence-corrected chi connectivity index (χ3v) is 2.70. The number of anilines is 1. The minimum absolute atomic E-state index is 0.0782. The Hall–Kier alpha value is -1.63. The number of thioether (sulfide) groups is 1. The molecule has 0 atom stereocenters. The number of hydrogen-bond donors (Lipinski definition) is 2. The van der Waals surface area contributed by atoms with Gasteiger partial charge < -0.3 is 10.8 Å². The molecule has 0 aliphatic rings. The molecular formula is C9H11N3O3S. The van der Waals surface area contributed by atoms with Crippen LogP contribution in [0.25, 0.3) is 0 Å². The lowest BCUT2D eigenvalue weighted by atomic mass is 10.3. The van der Waals surface area contributed by atoms with Crippen molar-refractivity contribution in [3.63, 3.8) is 0 Å². The van der Waals surface area contributed by atoms with Gasteiger partial charge in [0.05, 0.1) is 5.75 Å². The number of nitrogens with two attached hydrogens (primary N) is 1. The van der Waals surface area contributed by atoms with Crippen LogP contribution in [-0.2, 0) is 4.79 Å². The summed E-state index contributed by atoms with van der Waals surface area (Å²) in [5.74, 6) is -0.912. The van der Waals surface area contributed by atoms with Crippen molar-refractivity contribution >= 4 is 29.3 Å². The number of nitrogen functional groups attached to an aromatic ring is 1. The molecule has 3 N–H and O–H groups in total. The lowest BCUT2D eigenvalue weighted by Gasteiger charge is -2.02. The van der Waals surface area contributed by atoms with Gasteiger partial charge in [0.25, 0.3) is 0 Å². The summed E-state index contributed by atoms with van der Waals surface area (Å²) < 4.78 is 0. The Kier molecular flexibility index (Phi) is 4.24. The molecule has 1 aromatic heterocycles. The fourth-order valence-electron chi connectivity index (χ4n) is 0.859. The van der Waals surface area contributed by atoms with Crippen LogP contribution in [0.5, 0.6) is 0 Å². The van der Waals surface area contributed by atoms with E-state index in [4.69, 9.17) is 10.8 Å². The maximum Gasteiger partial charge on any atom is 0.341 e. The largest absolute Gasteiger partial charge is 0.477 e. The van der Waals surface area contributed by atoms with Crippen LogP contribution in [0.1, 0.15) is 23.7 Å². The van der Waals surface area contributed by atoms with Crippen LogP contribution >= 0.6 is 11.8 Å². The molecule has 0 bridgehead atoms.